The average molecular weight is 503 g/mol. The molecule has 6 rings (SSSR count). The van der Waals surface area contributed by atoms with Crippen LogP contribution in [0.25, 0.3) is 0 Å². The lowest BCUT2D eigenvalue weighted by atomic mass is 9.52. The Morgan fingerprint density at radius 2 is 1.56 bits per heavy atom. The maximum atomic E-state index is 11.9. The zero-order valence-corrected chi connectivity index (χ0v) is 22.3. The van der Waals surface area contributed by atoms with E-state index < -0.39 is 9.93 Å². The third-order valence-electron chi connectivity index (χ3n) is 12.1. The SMILES string of the molecule is C[C@H]1CC[C@@H]2N(C1)C[C@@H]1[C@@H]3C[C@H]4[C@H](CC[C@@H]5C(Cl)(Cl)[C@@H](Cl)CC[C@@]54C)[C@@H]3CC[C@@H]1[C@]2(C)O. The molecule has 0 unspecified atom stereocenters. The lowest BCUT2D eigenvalue weighted by molar-refractivity contribution is -0.175. The summed E-state index contributed by atoms with van der Waals surface area (Å²) in [5.41, 5.74) is -0.323. The van der Waals surface area contributed by atoms with Crippen LogP contribution < -0.4 is 0 Å². The Balaban J connectivity index is 1.30. The highest BCUT2D eigenvalue weighted by Crippen LogP contribution is 2.70. The highest BCUT2D eigenvalue weighted by atomic mass is 35.5. The molecule has 4 saturated carbocycles. The number of rotatable bonds is 0. The molecular formula is C27H42Cl3NO. The van der Waals surface area contributed by atoms with Gasteiger partial charge >= 0.3 is 0 Å². The van der Waals surface area contributed by atoms with Crippen LogP contribution in [0.4, 0.5) is 0 Å². The van der Waals surface area contributed by atoms with Crippen LogP contribution in [0.2, 0.25) is 0 Å². The lowest BCUT2D eigenvalue weighted by Gasteiger charge is -2.60. The van der Waals surface area contributed by atoms with E-state index in [9.17, 15) is 5.11 Å². The van der Waals surface area contributed by atoms with Crippen LogP contribution in [0.15, 0.2) is 0 Å². The van der Waals surface area contributed by atoms with Crippen molar-refractivity contribution in [1.29, 1.82) is 0 Å². The van der Waals surface area contributed by atoms with E-state index in [0.29, 0.717) is 23.8 Å². The van der Waals surface area contributed by atoms with E-state index in [0.717, 1.165) is 42.4 Å². The van der Waals surface area contributed by atoms with Gasteiger partial charge in [-0.25, -0.2) is 0 Å². The van der Waals surface area contributed by atoms with Gasteiger partial charge in [0.05, 0.1) is 11.0 Å². The molecule has 2 saturated heterocycles. The maximum Gasteiger partial charge on any atom is 0.137 e. The van der Waals surface area contributed by atoms with E-state index in [4.69, 9.17) is 34.8 Å². The summed E-state index contributed by atoms with van der Waals surface area (Å²) in [6.07, 6.45) is 10.8. The number of aliphatic hydroxyl groups is 1. The molecule has 6 aliphatic rings. The molecule has 4 aliphatic carbocycles. The summed E-state index contributed by atoms with van der Waals surface area (Å²) >= 11 is 20.6. The Hall–Kier alpha value is 0.790. The van der Waals surface area contributed by atoms with E-state index in [1.807, 2.05) is 0 Å². The normalized spacial score (nSPS) is 59.3. The molecule has 2 aliphatic heterocycles. The number of alkyl halides is 3. The van der Waals surface area contributed by atoms with Gasteiger partial charge in [-0.15, -0.1) is 11.6 Å². The second-order valence-electron chi connectivity index (χ2n) is 13.4. The van der Waals surface area contributed by atoms with Gasteiger partial charge in [0, 0.05) is 19.1 Å². The maximum absolute atomic E-state index is 11.9. The first-order valence-electron chi connectivity index (χ1n) is 13.5. The van der Waals surface area contributed by atoms with Gasteiger partial charge in [0.1, 0.15) is 4.33 Å². The largest absolute Gasteiger partial charge is 0.388 e. The summed E-state index contributed by atoms with van der Waals surface area (Å²) in [7, 11) is 0. The quantitative estimate of drug-likeness (QED) is 0.371. The van der Waals surface area contributed by atoms with Crippen molar-refractivity contribution in [1.82, 2.24) is 4.90 Å². The Labute approximate surface area is 210 Å². The molecule has 0 aromatic rings. The van der Waals surface area contributed by atoms with Crippen molar-refractivity contribution in [2.75, 3.05) is 13.1 Å². The van der Waals surface area contributed by atoms with E-state index >= 15 is 0 Å². The van der Waals surface area contributed by atoms with Gasteiger partial charge in [0.25, 0.3) is 0 Å². The summed E-state index contributed by atoms with van der Waals surface area (Å²) in [6, 6.07) is 0.370. The molecule has 0 radical (unpaired) electrons. The molecule has 182 valence electrons. The van der Waals surface area contributed by atoms with Gasteiger partial charge in [-0.1, -0.05) is 37.0 Å². The number of piperidine rings is 2. The lowest BCUT2D eigenvalue weighted by Crippen LogP contribution is -2.67. The minimum absolute atomic E-state index is 0.125. The van der Waals surface area contributed by atoms with Crippen LogP contribution >= 0.6 is 34.8 Å². The molecule has 1 N–H and O–H groups in total. The Bertz CT molecular complexity index is 757. The van der Waals surface area contributed by atoms with Crippen LogP contribution in [0.5, 0.6) is 0 Å². The molecule has 0 aromatic carbocycles. The average Bonchev–Trinajstić information content (AvgIpc) is 3.11. The topological polar surface area (TPSA) is 23.5 Å². The van der Waals surface area contributed by atoms with Crippen LogP contribution in [0, 0.1) is 52.8 Å². The Kier molecular flexibility index (Phi) is 5.54. The molecule has 2 heterocycles. The first-order chi connectivity index (χ1) is 15.0. The van der Waals surface area contributed by atoms with Gasteiger partial charge in [0.2, 0.25) is 0 Å². The number of nitrogens with zero attached hydrogens (tertiary/aromatic N) is 1. The molecule has 32 heavy (non-hydrogen) atoms. The van der Waals surface area contributed by atoms with E-state index in [1.165, 1.54) is 58.0 Å². The zero-order chi connectivity index (χ0) is 22.6. The summed E-state index contributed by atoms with van der Waals surface area (Å²) < 4.78 is -0.790. The second kappa shape index (κ2) is 7.64. The van der Waals surface area contributed by atoms with Crippen molar-refractivity contribution in [2.24, 2.45) is 52.8 Å². The van der Waals surface area contributed by atoms with Crippen LogP contribution in [0.1, 0.15) is 78.6 Å². The van der Waals surface area contributed by atoms with E-state index in [2.05, 4.69) is 25.7 Å². The molecule has 2 nitrogen and oxygen atoms in total. The summed E-state index contributed by atoms with van der Waals surface area (Å²) in [6.45, 7) is 9.48. The van der Waals surface area contributed by atoms with Crippen LogP contribution in [-0.4, -0.2) is 44.4 Å². The zero-order valence-electron chi connectivity index (χ0n) is 20.1. The Morgan fingerprint density at radius 3 is 2.34 bits per heavy atom. The standard InChI is InChI=1S/C27H42Cl3NO/c1-15-4-9-24-26(3,32)20-7-5-16-17-6-8-22-25(2,11-10-23(28)27(22,29)30)21(17)12-18(16)19(20)14-31(24)13-15/h15-24,32H,4-14H2,1-3H3/t15-,16-,17+,18+,19+,20-,21-,22-,23-,24-,25+,26-/m0/s1. The fraction of sp³-hybridized carbons (Fsp3) is 1.00. The van der Waals surface area contributed by atoms with Crippen molar-refractivity contribution in [3.05, 3.63) is 0 Å². The van der Waals surface area contributed by atoms with Gasteiger partial charge in [-0.05, 0) is 117 Å². The number of halogens is 3. The predicted molar refractivity (Wildman–Crippen MR) is 133 cm³/mol. The third-order valence-corrected chi connectivity index (χ3v) is 13.9. The summed E-state index contributed by atoms with van der Waals surface area (Å²) in [5, 5.41) is 11.7. The smallest absolute Gasteiger partial charge is 0.137 e. The van der Waals surface area contributed by atoms with Crippen molar-refractivity contribution in [2.45, 2.75) is 99.9 Å². The fourth-order valence-electron chi connectivity index (χ4n) is 10.6. The minimum atomic E-state index is -0.790. The molecule has 12 atom stereocenters. The third kappa shape index (κ3) is 3.11. The van der Waals surface area contributed by atoms with Crippen molar-refractivity contribution >= 4 is 34.8 Å². The number of hydrogen-bond donors (Lipinski definition) is 1. The van der Waals surface area contributed by atoms with Crippen molar-refractivity contribution in [3.63, 3.8) is 0 Å². The summed E-state index contributed by atoms with van der Waals surface area (Å²) in [5.74, 6) is 5.34. The fourth-order valence-corrected chi connectivity index (χ4v) is 11.8. The minimum Gasteiger partial charge on any atom is -0.388 e. The molecule has 0 aromatic heterocycles. The molecule has 0 spiro atoms. The predicted octanol–water partition coefficient (Wildman–Crippen LogP) is 6.74. The monoisotopic (exact) mass is 501 g/mol. The van der Waals surface area contributed by atoms with Crippen molar-refractivity contribution < 1.29 is 5.11 Å². The Morgan fingerprint density at radius 1 is 0.812 bits per heavy atom. The van der Waals surface area contributed by atoms with Crippen LogP contribution in [0.3, 0.4) is 0 Å². The molecule has 5 heteroatoms. The van der Waals surface area contributed by atoms with Crippen molar-refractivity contribution in [3.8, 4) is 0 Å². The van der Waals surface area contributed by atoms with E-state index in [1.54, 1.807) is 0 Å². The second-order valence-corrected chi connectivity index (χ2v) is 15.3. The number of hydrogen-bond acceptors (Lipinski definition) is 2. The highest BCUT2D eigenvalue weighted by molar-refractivity contribution is 6.52. The van der Waals surface area contributed by atoms with Gasteiger partial charge in [-0.3, -0.25) is 4.90 Å². The van der Waals surface area contributed by atoms with Crippen LogP contribution in [-0.2, 0) is 0 Å². The molecular weight excluding hydrogens is 461 g/mol. The van der Waals surface area contributed by atoms with Gasteiger partial charge in [-0.2, -0.15) is 0 Å². The molecule has 6 fully saturated rings. The highest BCUT2D eigenvalue weighted by Gasteiger charge is 2.66. The molecule has 0 bridgehead atoms. The summed E-state index contributed by atoms with van der Waals surface area (Å²) in [4.78, 5) is 2.70. The van der Waals surface area contributed by atoms with E-state index in [-0.39, 0.29) is 10.8 Å². The first kappa shape index (κ1) is 23.2. The number of fused-ring (bicyclic) bond motifs is 8. The van der Waals surface area contributed by atoms with Gasteiger partial charge < -0.3 is 5.11 Å². The first-order valence-corrected chi connectivity index (χ1v) is 14.7. The van der Waals surface area contributed by atoms with Gasteiger partial charge in [0.15, 0.2) is 0 Å². The molecule has 0 amide bonds.